The first-order valence-corrected chi connectivity index (χ1v) is 4.13. The molecule has 1 saturated carbocycles. The van der Waals surface area contributed by atoms with E-state index in [1.807, 2.05) is 6.92 Å². The lowest BCUT2D eigenvalue weighted by atomic mass is 9.75. The van der Waals surface area contributed by atoms with Crippen LogP contribution in [0.5, 0.6) is 0 Å². The largest absolute Gasteiger partial charge is 0.289 e. The summed E-state index contributed by atoms with van der Waals surface area (Å²) in [6, 6.07) is 0. The van der Waals surface area contributed by atoms with Gasteiger partial charge in [0.25, 0.3) is 0 Å². The number of nitrogens with one attached hydrogen (secondary N) is 1. The standard InChI is InChI=1S/C8H15NO2/c1-8(7(10)9-11)5-3-2-4-6-8/h11H,2-6H2,1H3,(H,9,10). The molecule has 3 nitrogen and oxygen atoms in total. The van der Waals surface area contributed by atoms with Crippen LogP contribution in [0.3, 0.4) is 0 Å². The Balaban J connectivity index is 2.56. The van der Waals surface area contributed by atoms with E-state index in [4.69, 9.17) is 5.21 Å². The molecule has 0 saturated heterocycles. The van der Waals surface area contributed by atoms with E-state index in [1.165, 1.54) is 6.42 Å². The van der Waals surface area contributed by atoms with Crippen LogP contribution in [-0.4, -0.2) is 11.1 Å². The van der Waals surface area contributed by atoms with Gasteiger partial charge in [0.1, 0.15) is 0 Å². The van der Waals surface area contributed by atoms with E-state index in [1.54, 1.807) is 5.48 Å². The van der Waals surface area contributed by atoms with E-state index in [-0.39, 0.29) is 11.3 Å². The molecular formula is C8H15NO2. The second-order valence-corrected chi connectivity index (χ2v) is 3.56. The maximum absolute atomic E-state index is 11.1. The Morgan fingerprint density at radius 3 is 2.36 bits per heavy atom. The van der Waals surface area contributed by atoms with E-state index in [9.17, 15) is 4.79 Å². The average Bonchev–Trinajstić information content (AvgIpc) is 2.04. The van der Waals surface area contributed by atoms with Gasteiger partial charge in [-0.15, -0.1) is 0 Å². The van der Waals surface area contributed by atoms with Crippen LogP contribution >= 0.6 is 0 Å². The molecular weight excluding hydrogens is 142 g/mol. The first kappa shape index (κ1) is 8.53. The highest BCUT2D eigenvalue weighted by Gasteiger charge is 2.34. The normalized spacial score (nSPS) is 22.7. The lowest BCUT2D eigenvalue weighted by Crippen LogP contribution is -2.38. The van der Waals surface area contributed by atoms with Gasteiger partial charge in [-0.3, -0.25) is 10.0 Å². The number of amides is 1. The molecule has 0 bridgehead atoms. The van der Waals surface area contributed by atoms with Gasteiger partial charge >= 0.3 is 0 Å². The van der Waals surface area contributed by atoms with Gasteiger partial charge in [0.2, 0.25) is 5.91 Å². The topological polar surface area (TPSA) is 49.3 Å². The minimum atomic E-state index is -0.312. The van der Waals surface area contributed by atoms with Crippen molar-refractivity contribution in [3.05, 3.63) is 0 Å². The van der Waals surface area contributed by atoms with Crippen molar-refractivity contribution in [2.75, 3.05) is 0 Å². The fourth-order valence-electron chi connectivity index (χ4n) is 1.69. The van der Waals surface area contributed by atoms with Crippen LogP contribution in [0.25, 0.3) is 0 Å². The van der Waals surface area contributed by atoms with Crippen LogP contribution in [0.1, 0.15) is 39.0 Å². The molecule has 0 aromatic carbocycles. The van der Waals surface area contributed by atoms with Gasteiger partial charge < -0.3 is 0 Å². The fourth-order valence-corrected chi connectivity index (χ4v) is 1.69. The number of carbonyl (C=O) groups is 1. The molecule has 3 heteroatoms. The van der Waals surface area contributed by atoms with Gasteiger partial charge in [-0.2, -0.15) is 0 Å². The zero-order chi connectivity index (χ0) is 8.32. The molecule has 1 rings (SSSR count). The minimum Gasteiger partial charge on any atom is -0.289 e. The van der Waals surface area contributed by atoms with Crippen molar-refractivity contribution in [1.82, 2.24) is 5.48 Å². The van der Waals surface area contributed by atoms with Gasteiger partial charge in [0.05, 0.1) is 0 Å². The van der Waals surface area contributed by atoms with Crippen molar-refractivity contribution in [3.8, 4) is 0 Å². The van der Waals surface area contributed by atoms with Crippen LogP contribution in [0.2, 0.25) is 0 Å². The van der Waals surface area contributed by atoms with E-state index < -0.39 is 0 Å². The summed E-state index contributed by atoms with van der Waals surface area (Å²) in [5, 5.41) is 8.45. The van der Waals surface area contributed by atoms with E-state index in [2.05, 4.69) is 0 Å². The lowest BCUT2D eigenvalue weighted by Gasteiger charge is -2.30. The Kier molecular flexibility index (Phi) is 2.49. The SMILES string of the molecule is CC1(C(=O)NO)CCCCC1. The maximum atomic E-state index is 11.1. The minimum absolute atomic E-state index is 0.225. The monoisotopic (exact) mass is 157 g/mol. The number of rotatable bonds is 1. The fraction of sp³-hybridized carbons (Fsp3) is 0.875. The van der Waals surface area contributed by atoms with Crippen LogP contribution in [0, 0.1) is 5.41 Å². The van der Waals surface area contributed by atoms with Gasteiger partial charge in [-0.1, -0.05) is 26.2 Å². The van der Waals surface area contributed by atoms with Gasteiger partial charge in [0.15, 0.2) is 0 Å². The van der Waals surface area contributed by atoms with Crippen LogP contribution in [-0.2, 0) is 4.79 Å². The van der Waals surface area contributed by atoms with Crippen molar-refractivity contribution in [1.29, 1.82) is 0 Å². The highest BCUT2D eigenvalue weighted by atomic mass is 16.5. The second-order valence-electron chi connectivity index (χ2n) is 3.56. The first-order valence-electron chi connectivity index (χ1n) is 4.13. The average molecular weight is 157 g/mol. The third kappa shape index (κ3) is 1.71. The third-order valence-electron chi connectivity index (χ3n) is 2.61. The molecule has 11 heavy (non-hydrogen) atoms. The second kappa shape index (κ2) is 3.22. The molecule has 0 aromatic heterocycles. The Morgan fingerprint density at radius 2 is 1.91 bits per heavy atom. The molecule has 2 N–H and O–H groups in total. The highest BCUT2D eigenvalue weighted by Crippen LogP contribution is 2.35. The summed E-state index contributed by atoms with van der Waals surface area (Å²) in [7, 11) is 0. The summed E-state index contributed by atoms with van der Waals surface area (Å²) < 4.78 is 0. The number of hydrogen-bond acceptors (Lipinski definition) is 2. The summed E-state index contributed by atoms with van der Waals surface area (Å²) in [4.78, 5) is 11.1. The number of hydroxylamine groups is 1. The van der Waals surface area contributed by atoms with Crippen LogP contribution in [0.4, 0.5) is 0 Å². The van der Waals surface area contributed by atoms with Gasteiger partial charge in [0, 0.05) is 5.41 Å². The Bertz CT molecular complexity index is 150. The smallest absolute Gasteiger partial charge is 0.249 e. The Labute approximate surface area is 66.7 Å². The molecule has 1 fully saturated rings. The van der Waals surface area contributed by atoms with Gasteiger partial charge in [-0.05, 0) is 12.8 Å². The molecule has 0 radical (unpaired) electrons. The molecule has 0 unspecified atom stereocenters. The third-order valence-corrected chi connectivity index (χ3v) is 2.61. The summed E-state index contributed by atoms with van der Waals surface area (Å²) >= 11 is 0. The molecule has 0 heterocycles. The van der Waals surface area contributed by atoms with Crippen LogP contribution in [0.15, 0.2) is 0 Å². The first-order chi connectivity index (χ1) is 5.19. The molecule has 1 amide bonds. The van der Waals surface area contributed by atoms with E-state index in [0.29, 0.717) is 0 Å². The van der Waals surface area contributed by atoms with Gasteiger partial charge in [-0.25, -0.2) is 5.48 Å². The molecule has 1 aliphatic rings. The van der Waals surface area contributed by atoms with E-state index >= 15 is 0 Å². The highest BCUT2D eigenvalue weighted by molar-refractivity contribution is 5.81. The zero-order valence-electron chi connectivity index (χ0n) is 6.89. The predicted molar refractivity (Wildman–Crippen MR) is 41.1 cm³/mol. The zero-order valence-corrected chi connectivity index (χ0v) is 6.89. The van der Waals surface area contributed by atoms with Crippen molar-refractivity contribution < 1.29 is 10.0 Å². The quantitative estimate of drug-likeness (QED) is 0.447. The van der Waals surface area contributed by atoms with E-state index in [0.717, 1.165) is 25.7 Å². The van der Waals surface area contributed by atoms with Crippen molar-refractivity contribution in [2.24, 2.45) is 5.41 Å². The predicted octanol–water partition coefficient (Wildman–Crippen LogP) is 1.46. The molecule has 0 aromatic rings. The summed E-state index contributed by atoms with van der Waals surface area (Å²) in [5.41, 5.74) is 1.42. The Hall–Kier alpha value is -0.570. The number of carbonyl (C=O) groups excluding carboxylic acids is 1. The number of hydrogen-bond donors (Lipinski definition) is 2. The Morgan fingerprint density at radius 1 is 1.36 bits per heavy atom. The van der Waals surface area contributed by atoms with Crippen molar-refractivity contribution in [2.45, 2.75) is 39.0 Å². The van der Waals surface area contributed by atoms with Crippen molar-refractivity contribution >= 4 is 5.91 Å². The molecule has 64 valence electrons. The van der Waals surface area contributed by atoms with Crippen LogP contribution < -0.4 is 5.48 Å². The molecule has 0 atom stereocenters. The summed E-state index contributed by atoms with van der Waals surface area (Å²) in [6.45, 7) is 1.91. The molecule has 0 aliphatic heterocycles. The lowest BCUT2D eigenvalue weighted by molar-refractivity contribution is -0.140. The maximum Gasteiger partial charge on any atom is 0.249 e. The van der Waals surface area contributed by atoms with Crippen molar-refractivity contribution in [3.63, 3.8) is 0 Å². The summed E-state index contributed by atoms with van der Waals surface area (Å²) in [5.74, 6) is -0.225. The molecule has 1 aliphatic carbocycles. The molecule has 0 spiro atoms. The summed E-state index contributed by atoms with van der Waals surface area (Å²) in [6.07, 6.45) is 5.22.